The molecule has 0 aromatic rings. The summed E-state index contributed by atoms with van der Waals surface area (Å²) < 4.78 is 0. The lowest BCUT2D eigenvalue weighted by atomic mass is 9.85. The van der Waals surface area contributed by atoms with Crippen molar-refractivity contribution in [3.05, 3.63) is 0 Å². The lowest BCUT2D eigenvalue weighted by molar-refractivity contribution is -0.165. The molecule has 2 unspecified atom stereocenters. The number of hydrogen-bond donors (Lipinski definition) is 3. The summed E-state index contributed by atoms with van der Waals surface area (Å²) in [6.45, 7) is 3.52. The fraction of sp³-hybridized carbons (Fsp3) is 0.943. The maximum absolute atomic E-state index is 12.5. The molecular weight excluding hydrogens is 500 g/mol. The molecule has 0 aliphatic carbocycles. The normalized spacial score (nSPS) is 13.8. The number of Topliss-reactive ketones (excluding diaryl/α,β-unsaturated/α-hetero) is 2. The molecule has 0 saturated carbocycles. The van der Waals surface area contributed by atoms with Gasteiger partial charge in [0.1, 0.15) is 0 Å². The van der Waals surface area contributed by atoms with E-state index in [9.17, 15) is 24.9 Å². The van der Waals surface area contributed by atoms with Gasteiger partial charge < -0.3 is 15.3 Å². The number of carbonyl (C=O) groups is 2. The van der Waals surface area contributed by atoms with Crippen LogP contribution in [-0.2, 0) is 9.59 Å². The van der Waals surface area contributed by atoms with Crippen LogP contribution in [-0.4, -0.2) is 45.2 Å². The van der Waals surface area contributed by atoms with Gasteiger partial charge in [0.25, 0.3) is 0 Å². The number of aliphatic hydroxyl groups excluding tert-OH is 2. The number of ketones is 2. The van der Waals surface area contributed by atoms with E-state index in [-0.39, 0.29) is 12.8 Å². The highest BCUT2D eigenvalue weighted by atomic mass is 16.4. The lowest BCUT2D eigenvalue weighted by Crippen LogP contribution is -2.55. The minimum atomic E-state index is -2.37. The second-order valence-electron chi connectivity index (χ2n) is 12.4. The first kappa shape index (κ1) is 39.2. The number of aliphatic hydroxyl groups is 3. The Balaban J connectivity index is 3.72. The molecule has 0 fully saturated rings. The third-order valence-electron chi connectivity index (χ3n) is 8.52. The molecule has 0 amide bonds. The van der Waals surface area contributed by atoms with Crippen molar-refractivity contribution in [1.82, 2.24) is 0 Å². The SMILES string of the molecule is CCCCCCCCCCCCCCCCCCCCCC(=O)C(O)C(O)(CO)C(=O)CCCCCCCCC. The molecule has 0 rings (SSSR count). The standard InChI is InChI=1S/C35H68O5/c1-3-5-7-9-11-12-13-14-15-16-17-18-19-20-21-22-24-25-27-29-32(37)34(39)35(40,31-36)33(38)30-28-26-23-10-8-6-4-2/h34,36,39-40H,3-31H2,1-2H3. The van der Waals surface area contributed by atoms with Gasteiger partial charge in [-0.3, -0.25) is 9.59 Å². The molecule has 0 aliphatic rings. The van der Waals surface area contributed by atoms with Gasteiger partial charge in [0, 0.05) is 12.8 Å². The number of unbranched alkanes of at least 4 members (excludes halogenated alkanes) is 24. The third kappa shape index (κ3) is 21.0. The topological polar surface area (TPSA) is 94.8 Å². The molecule has 0 aromatic carbocycles. The van der Waals surface area contributed by atoms with Crippen molar-refractivity contribution in [2.24, 2.45) is 0 Å². The molecule has 0 heterocycles. The fourth-order valence-electron chi connectivity index (χ4n) is 5.57. The molecule has 0 spiro atoms. The summed E-state index contributed by atoms with van der Waals surface area (Å²) in [5.74, 6) is -1.17. The van der Waals surface area contributed by atoms with E-state index in [1.54, 1.807) is 0 Å². The van der Waals surface area contributed by atoms with Gasteiger partial charge in [-0.05, 0) is 12.8 Å². The number of rotatable bonds is 32. The lowest BCUT2D eigenvalue weighted by Gasteiger charge is -2.29. The largest absolute Gasteiger partial charge is 0.393 e. The van der Waals surface area contributed by atoms with Crippen molar-refractivity contribution in [3.8, 4) is 0 Å². The summed E-state index contributed by atoms with van der Waals surface area (Å²) >= 11 is 0. The Bertz CT molecular complexity index is 578. The van der Waals surface area contributed by atoms with Crippen molar-refractivity contribution in [1.29, 1.82) is 0 Å². The van der Waals surface area contributed by atoms with Gasteiger partial charge in [-0.1, -0.05) is 168 Å². The molecule has 2 atom stereocenters. The zero-order valence-corrected chi connectivity index (χ0v) is 26.7. The van der Waals surface area contributed by atoms with Crippen LogP contribution in [0.25, 0.3) is 0 Å². The van der Waals surface area contributed by atoms with Crippen LogP contribution in [0.5, 0.6) is 0 Å². The zero-order chi connectivity index (χ0) is 29.7. The van der Waals surface area contributed by atoms with Crippen LogP contribution < -0.4 is 0 Å². The average Bonchev–Trinajstić information content (AvgIpc) is 2.96. The predicted molar refractivity (Wildman–Crippen MR) is 169 cm³/mol. The molecule has 5 heteroatoms. The Morgan fingerprint density at radius 1 is 0.500 bits per heavy atom. The Morgan fingerprint density at radius 3 is 1.07 bits per heavy atom. The van der Waals surface area contributed by atoms with Crippen molar-refractivity contribution in [2.75, 3.05) is 6.61 Å². The van der Waals surface area contributed by atoms with Gasteiger partial charge in [-0.25, -0.2) is 0 Å². The van der Waals surface area contributed by atoms with Gasteiger partial charge in [-0.2, -0.15) is 0 Å². The van der Waals surface area contributed by atoms with Gasteiger partial charge >= 0.3 is 0 Å². The minimum Gasteiger partial charge on any atom is -0.393 e. The van der Waals surface area contributed by atoms with Gasteiger partial charge in [-0.15, -0.1) is 0 Å². The summed E-state index contributed by atoms with van der Waals surface area (Å²) in [5.41, 5.74) is -2.37. The molecule has 0 aliphatic heterocycles. The van der Waals surface area contributed by atoms with E-state index in [4.69, 9.17) is 0 Å². The molecule has 40 heavy (non-hydrogen) atoms. The molecule has 0 aromatic heterocycles. The second kappa shape index (κ2) is 28.3. The fourth-order valence-corrected chi connectivity index (χ4v) is 5.57. The molecule has 0 saturated heterocycles. The van der Waals surface area contributed by atoms with E-state index in [2.05, 4.69) is 13.8 Å². The molecule has 238 valence electrons. The van der Waals surface area contributed by atoms with Crippen LogP contribution in [0.15, 0.2) is 0 Å². The highest BCUT2D eigenvalue weighted by Crippen LogP contribution is 2.20. The van der Waals surface area contributed by atoms with Crippen LogP contribution in [0, 0.1) is 0 Å². The number of hydrogen-bond acceptors (Lipinski definition) is 5. The first-order valence-corrected chi connectivity index (χ1v) is 17.5. The molecule has 5 nitrogen and oxygen atoms in total. The zero-order valence-electron chi connectivity index (χ0n) is 26.7. The van der Waals surface area contributed by atoms with Crippen LogP contribution in [0.4, 0.5) is 0 Å². The van der Waals surface area contributed by atoms with Crippen LogP contribution in [0.2, 0.25) is 0 Å². The van der Waals surface area contributed by atoms with Gasteiger partial charge in [0.15, 0.2) is 23.3 Å². The van der Waals surface area contributed by atoms with Crippen molar-refractivity contribution < 1.29 is 24.9 Å². The molecular formula is C35H68O5. The van der Waals surface area contributed by atoms with Crippen LogP contribution >= 0.6 is 0 Å². The molecule has 3 N–H and O–H groups in total. The maximum Gasteiger partial charge on any atom is 0.178 e. The van der Waals surface area contributed by atoms with Crippen molar-refractivity contribution in [3.63, 3.8) is 0 Å². The average molecular weight is 569 g/mol. The summed E-state index contributed by atoms with van der Waals surface area (Å²) in [7, 11) is 0. The third-order valence-corrected chi connectivity index (χ3v) is 8.52. The Hall–Kier alpha value is -0.780. The summed E-state index contributed by atoms with van der Waals surface area (Å²) in [6.07, 6.45) is 29.9. The first-order chi connectivity index (χ1) is 19.4. The molecule has 0 bridgehead atoms. The van der Waals surface area contributed by atoms with E-state index in [0.717, 1.165) is 38.5 Å². The Labute approximate surface area is 248 Å². The van der Waals surface area contributed by atoms with Crippen LogP contribution in [0.3, 0.4) is 0 Å². The van der Waals surface area contributed by atoms with Crippen molar-refractivity contribution in [2.45, 2.75) is 205 Å². The van der Waals surface area contributed by atoms with Crippen LogP contribution in [0.1, 0.15) is 194 Å². The number of carbonyl (C=O) groups excluding carboxylic acids is 2. The van der Waals surface area contributed by atoms with E-state index < -0.39 is 29.9 Å². The van der Waals surface area contributed by atoms with Gasteiger partial charge in [0.05, 0.1) is 6.61 Å². The quantitative estimate of drug-likeness (QED) is 0.0703. The van der Waals surface area contributed by atoms with E-state index in [1.165, 1.54) is 116 Å². The summed E-state index contributed by atoms with van der Waals surface area (Å²) in [6, 6.07) is 0. The second-order valence-corrected chi connectivity index (χ2v) is 12.4. The molecule has 0 radical (unpaired) electrons. The Morgan fingerprint density at radius 2 is 0.775 bits per heavy atom. The smallest absolute Gasteiger partial charge is 0.178 e. The Kier molecular flexibility index (Phi) is 27.8. The predicted octanol–water partition coefficient (Wildman–Crippen LogP) is 9.17. The first-order valence-electron chi connectivity index (χ1n) is 17.5. The van der Waals surface area contributed by atoms with Gasteiger partial charge in [0.2, 0.25) is 0 Å². The maximum atomic E-state index is 12.5. The monoisotopic (exact) mass is 569 g/mol. The van der Waals surface area contributed by atoms with E-state index in [0.29, 0.717) is 12.8 Å². The summed E-state index contributed by atoms with van der Waals surface area (Å²) in [4.78, 5) is 24.9. The van der Waals surface area contributed by atoms with E-state index in [1.807, 2.05) is 0 Å². The summed E-state index contributed by atoms with van der Waals surface area (Å²) in [5, 5.41) is 30.6. The van der Waals surface area contributed by atoms with E-state index >= 15 is 0 Å². The minimum absolute atomic E-state index is 0.0778. The highest BCUT2D eigenvalue weighted by Gasteiger charge is 2.45. The highest BCUT2D eigenvalue weighted by molar-refractivity contribution is 5.96. The van der Waals surface area contributed by atoms with Crippen molar-refractivity contribution >= 4 is 11.6 Å².